The summed E-state index contributed by atoms with van der Waals surface area (Å²) in [4.78, 5) is 16.0. The average molecular weight is 372 g/mol. The Morgan fingerprint density at radius 3 is 2.92 bits per heavy atom. The SMILES string of the molecule is CN1CCCN(CC2OCCNCC2c2ccc(Cl)c(Cl)c2)C1=O. The molecule has 0 bridgehead atoms. The van der Waals surface area contributed by atoms with Gasteiger partial charge in [-0.1, -0.05) is 29.3 Å². The van der Waals surface area contributed by atoms with Crippen LogP contribution in [0.25, 0.3) is 0 Å². The van der Waals surface area contributed by atoms with E-state index >= 15 is 0 Å². The van der Waals surface area contributed by atoms with Gasteiger partial charge in [0.1, 0.15) is 0 Å². The maximum atomic E-state index is 12.4. The number of amides is 2. The molecule has 0 spiro atoms. The molecule has 3 rings (SSSR count). The van der Waals surface area contributed by atoms with Crippen LogP contribution in [0.2, 0.25) is 10.0 Å². The van der Waals surface area contributed by atoms with Crippen LogP contribution in [0.5, 0.6) is 0 Å². The molecule has 2 atom stereocenters. The summed E-state index contributed by atoms with van der Waals surface area (Å²) in [6.07, 6.45) is 0.928. The number of urea groups is 1. The molecule has 2 aliphatic heterocycles. The van der Waals surface area contributed by atoms with E-state index in [4.69, 9.17) is 27.9 Å². The van der Waals surface area contributed by atoms with Crippen LogP contribution in [-0.4, -0.2) is 68.3 Å². The standard InChI is InChI=1S/C17H23Cl2N3O2/c1-21-6-2-7-22(17(21)23)11-16-13(10-20-5-8-24-16)12-3-4-14(18)15(19)9-12/h3-4,9,13,16,20H,2,5-8,10-11H2,1H3. The molecule has 0 radical (unpaired) electrons. The molecule has 1 aromatic rings. The smallest absolute Gasteiger partial charge is 0.319 e. The third-order valence-electron chi connectivity index (χ3n) is 4.71. The summed E-state index contributed by atoms with van der Waals surface area (Å²) < 4.78 is 6.08. The first-order valence-electron chi connectivity index (χ1n) is 8.33. The predicted octanol–water partition coefficient (Wildman–Crippen LogP) is 2.82. The lowest BCUT2D eigenvalue weighted by Gasteiger charge is -2.37. The Morgan fingerprint density at radius 2 is 2.12 bits per heavy atom. The lowest BCUT2D eigenvalue weighted by Crippen LogP contribution is -2.51. The van der Waals surface area contributed by atoms with Gasteiger partial charge in [0, 0.05) is 45.7 Å². The second kappa shape index (κ2) is 7.91. The third kappa shape index (κ3) is 3.97. The minimum absolute atomic E-state index is 0.0623. The molecule has 132 valence electrons. The van der Waals surface area contributed by atoms with Crippen molar-refractivity contribution in [1.29, 1.82) is 0 Å². The van der Waals surface area contributed by atoms with E-state index in [2.05, 4.69) is 5.32 Å². The molecule has 7 heteroatoms. The van der Waals surface area contributed by atoms with Crippen molar-refractivity contribution in [3.63, 3.8) is 0 Å². The summed E-state index contributed by atoms with van der Waals surface area (Å²) in [5, 5.41) is 4.50. The number of nitrogens with zero attached hydrogens (tertiary/aromatic N) is 2. The normalized spacial score (nSPS) is 25.7. The minimum Gasteiger partial charge on any atom is -0.374 e. The molecule has 2 unspecified atom stereocenters. The summed E-state index contributed by atoms with van der Waals surface area (Å²) in [7, 11) is 1.85. The van der Waals surface area contributed by atoms with Crippen LogP contribution in [0.3, 0.4) is 0 Å². The first kappa shape index (κ1) is 17.8. The third-order valence-corrected chi connectivity index (χ3v) is 5.45. The van der Waals surface area contributed by atoms with Gasteiger partial charge in [0.2, 0.25) is 0 Å². The second-order valence-electron chi connectivity index (χ2n) is 6.40. The van der Waals surface area contributed by atoms with E-state index in [1.807, 2.05) is 30.1 Å². The topological polar surface area (TPSA) is 44.8 Å². The van der Waals surface area contributed by atoms with E-state index in [-0.39, 0.29) is 18.1 Å². The molecule has 0 aliphatic carbocycles. The first-order chi connectivity index (χ1) is 11.6. The lowest BCUT2D eigenvalue weighted by molar-refractivity contribution is 0.0237. The van der Waals surface area contributed by atoms with Crippen LogP contribution in [0.15, 0.2) is 18.2 Å². The highest BCUT2D eigenvalue weighted by Gasteiger charge is 2.32. The Bertz CT molecular complexity index is 599. The summed E-state index contributed by atoms with van der Waals surface area (Å²) in [6.45, 7) is 4.43. The molecule has 2 fully saturated rings. The van der Waals surface area contributed by atoms with E-state index in [1.165, 1.54) is 0 Å². The molecular formula is C17H23Cl2N3O2. The molecule has 24 heavy (non-hydrogen) atoms. The van der Waals surface area contributed by atoms with Gasteiger partial charge in [-0.15, -0.1) is 0 Å². The number of halogens is 2. The Balaban J connectivity index is 1.79. The molecular weight excluding hydrogens is 349 g/mol. The summed E-state index contributed by atoms with van der Waals surface area (Å²) in [5.41, 5.74) is 1.08. The number of benzene rings is 1. The maximum absolute atomic E-state index is 12.4. The summed E-state index contributed by atoms with van der Waals surface area (Å²) >= 11 is 12.2. The molecule has 0 aromatic heterocycles. The molecule has 2 heterocycles. The van der Waals surface area contributed by atoms with Crippen molar-refractivity contribution in [2.24, 2.45) is 0 Å². The molecule has 0 saturated carbocycles. The van der Waals surface area contributed by atoms with Gasteiger partial charge in [-0.2, -0.15) is 0 Å². The van der Waals surface area contributed by atoms with E-state index in [0.717, 1.165) is 38.2 Å². The van der Waals surface area contributed by atoms with Crippen molar-refractivity contribution in [1.82, 2.24) is 15.1 Å². The fourth-order valence-corrected chi connectivity index (χ4v) is 3.67. The zero-order chi connectivity index (χ0) is 17.1. The number of nitrogens with one attached hydrogen (secondary N) is 1. The van der Waals surface area contributed by atoms with Gasteiger partial charge in [-0.05, 0) is 24.1 Å². The van der Waals surface area contributed by atoms with Crippen LogP contribution in [0, 0.1) is 0 Å². The highest BCUT2D eigenvalue weighted by molar-refractivity contribution is 6.42. The molecule has 1 aromatic carbocycles. The van der Waals surface area contributed by atoms with Gasteiger partial charge in [-0.3, -0.25) is 0 Å². The number of rotatable bonds is 3. The molecule has 1 N–H and O–H groups in total. The van der Waals surface area contributed by atoms with Crippen LogP contribution < -0.4 is 5.32 Å². The van der Waals surface area contributed by atoms with Crippen LogP contribution in [0.1, 0.15) is 17.9 Å². The van der Waals surface area contributed by atoms with Gasteiger partial charge in [0.05, 0.1) is 22.8 Å². The minimum atomic E-state index is -0.0623. The van der Waals surface area contributed by atoms with Gasteiger partial charge < -0.3 is 19.9 Å². The Labute approximate surface area is 152 Å². The largest absolute Gasteiger partial charge is 0.374 e. The van der Waals surface area contributed by atoms with Gasteiger partial charge in [0.25, 0.3) is 0 Å². The predicted molar refractivity (Wildman–Crippen MR) is 96.0 cm³/mol. The van der Waals surface area contributed by atoms with E-state index in [0.29, 0.717) is 23.2 Å². The zero-order valence-electron chi connectivity index (χ0n) is 13.8. The Kier molecular flexibility index (Phi) is 5.87. The lowest BCUT2D eigenvalue weighted by atomic mass is 9.92. The zero-order valence-corrected chi connectivity index (χ0v) is 15.3. The van der Waals surface area contributed by atoms with Crippen molar-refractivity contribution >= 4 is 29.2 Å². The van der Waals surface area contributed by atoms with Gasteiger partial charge >= 0.3 is 6.03 Å². The number of carbonyl (C=O) groups is 1. The van der Waals surface area contributed by atoms with Gasteiger partial charge in [-0.25, -0.2) is 4.79 Å². The summed E-state index contributed by atoms with van der Waals surface area (Å²) in [6, 6.07) is 5.80. The van der Waals surface area contributed by atoms with Crippen molar-refractivity contribution in [3.05, 3.63) is 33.8 Å². The highest BCUT2D eigenvalue weighted by Crippen LogP contribution is 2.30. The van der Waals surface area contributed by atoms with Crippen LogP contribution in [-0.2, 0) is 4.74 Å². The summed E-state index contributed by atoms with van der Waals surface area (Å²) in [5.74, 6) is 0.127. The average Bonchev–Trinajstić information content (AvgIpc) is 2.80. The first-order valence-corrected chi connectivity index (χ1v) is 9.09. The second-order valence-corrected chi connectivity index (χ2v) is 7.21. The van der Waals surface area contributed by atoms with Crippen molar-refractivity contribution in [3.8, 4) is 0 Å². The molecule has 2 amide bonds. The number of hydrogen-bond acceptors (Lipinski definition) is 3. The highest BCUT2D eigenvalue weighted by atomic mass is 35.5. The Hall–Kier alpha value is -1.01. The Morgan fingerprint density at radius 1 is 1.29 bits per heavy atom. The molecule has 2 saturated heterocycles. The number of carbonyl (C=O) groups excluding carboxylic acids is 1. The molecule has 5 nitrogen and oxygen atoms in total. The van der Waals surface area contributed by atoms with E-state index < -0.39 is 0 Å². The fourth-order valence-electron chi connectivity index (χ4n) is 3.36. The van der Waals surface area contributed by atoms with Crippen molar-refractivity contribution in [2.75, 3.05) is 46.4 Å². The number of hydrogen-bond donors (Lipinski definition) is 1. The van der Waals surface area contributed by atoms with Crippen molar-refractivity contribution in [2.45, 2.75) is 18.4 Å². The quantitative estimate of drug-likeness (QED) is 0.888. The van der Waals surface area contributed by atoms with Crippen LogP contribution in [0.4, 0.5) is 4.79 Å². The monoisotopic (exact) mass is 371 g/mol. The fraction of sp³-hybridized carbons (Fsp3) is 0.588. The van der Waals surface area contributed by atoms with E-state index in [9.17, 15) is 4.79 Å². The van der Waals surface area contributed by atoms with Crippen molar-refractivity contribution < 1.29 is 9.53 Å². The van der Waals surface area contributed by atoms with E-state index in [1.54, 1.807) is 4.90 Å². The van der Waals surface area contributed by atoms with Gasteiger partial charge in [0.15, 0.2) is 0 Å². The maximum Gasteiger partial charge on any atom is 0.319 e. The molecule has 2 aliphatic rings. The van der Waals surface area contributed by atoms with Crippen LogP contribution >= 0.6 is 23.2 Å². The number of ether oxygens (including phenoxy) is 1.